The Morgan fingerprint density at radius 1 is 1.26 bits per heavy atom. The van der Waals surface area contributed by atoms with E-state index in [1.807, 2.05) is 6.92 Å². The van der Waals surface area contributed by atoms with E-state index in [4.69, 9.17) is 6.42 Å². The number of hydrogen-bond donors (Lipinski definition) is 1. The Balaban J connectivity index is 2.08. The first-order chi connectivity index (χ1) is 13.0. The average molecular weight is 360 g/mol. The topological polar surface area (TPSA) is 12.0 Å². The van der Waals surface area contributed by atoms with E-state index in [1.54, 1.807) is 0 Å². The lowest BCUT2D eigenvalue weighted by molar-refractivity contribution is 0.512. The fourth-order valence-corrected chi connectivity index (χ4v) is 3.95. The van der Waals surface area contributed by atoms with Gasteiger partial charge in [-0.15, -0.1) is 6.42 Å². The summed E-state index contributed by atoms with van der Waals surface area (Å²) in [7, 11) is 0. The van der Waals surface area contributed by atoms with Crippen LogP contribution < -0.4 is 5.32 Å². The number of terminal acetylenes is 1. The Bertz CT molecular complexity index is 786. The number of allylic oxidation sites excluding steroid dienone is 6. The van der Waals surface area contributed by atoms with Crippen molar-refractivity contribution in [2.45, 2.75) is 53.4 Å². The molecule has 0 atom stereocenters. The maximum atomic E-state index is 6.01. The molecule has 0 saturated carbocycles. The van der Waals surface area contributed by atoms with E-state index < -0.39 is 0 Å². The first-order valence-electron chi connectivity index (χ1n) is 9.94. The quantitative estimate of drug-likeness (QED) is 0.333. The molecule has 142 valence electrons. The molecule has 0 fully saturated rings. The zero-order valence-corrected chi connectivity index (χ0v) is 17.4. The summed E-state index contributed by atoms with van der Waals surface area (Å²) in [5, 5.41) is 3.47. The van der Waals surface area contributed by atoms with Gasteiger partial charge in [0.15, 0.2) is 0 Å². The van der Waals surface area contributed by atoms with Crippen molar-refractivity contribution < 1.29 is 0 Å². The van der Waals surface area contributed by atoms with E-state index in [0.717, 1.165) is 37.8 Å². The standard InChI is InChI=1S/C26H33N/c1-7-13-20(4)25(27-9-3)21(5)14-12-15-22(6)26(8-2)18-23-16-10-11-17-24(23)19-26/h2,7,10-11,13,15-17,27H,5,9,12,14,18-19H2,1,3-4,6H3/b13-7-,22-15+,25-20+. The first-order valence-corrected chi connectivity index (χ1v) is 9.94. The highest BCUT2D eigenvalue weighted by Gasteiger charge is 2.36. The maximum absolute atomic E-state index is 6.01. The normalized spacial score (nSPS) is 16.6. The highest BCUT2D eigenvalue weighted by atomic mass is 14.9. The summed E-state index contributed by atoms with van der Waals surface area (Å²) in [6.45, 7) is 13.7. The predicted molar refractivity (Wildman–Crippen MR) is 118 cm³/mol. The van der Waals surface area contributed by atoms with Gasteiger partial charge in [0.2, 0.25) is 0 Å². The Morgan fingerprint density at radius 2 is 1.89 bits per heavy atom. The van der Waals surface area contributed by atoms with E-state index >= 15 is 0 Å². The lowest BCUT2D eigenvalue weighted by atomic mass is 9.78. The highest BCUT2D eigenvalue weighted by Crippen LogP contribution is 2.42. The van der Waals surface area contributed by atoms with Crippen LogP contribution >= 0.6 is 0 Å². The Hall–Kier alpha value is -2.46. The summed E-state index contributed by atoms with van der Waals surface area (Å²) in [5.41, 5.74) is 7.50. The van der Waals surface area contributed by atoms with Crippen LogP contribution in [-0.4, -0.2) is 6.54 Å². The molecule has 0 bridgehead atoms. The number of hydrogen-bond acceptors (Lipinski definition) is 1. The van der Waals surface area contributed by atoms with Gasteiger partial charge in [0.25, 0.3) is 0 Å². The van der Waals surface area contributed by atoms with Gasteiger partial charge in [-0.05, 0) is 75.7 Å². The van der Waals surface area contributed by atoms with Crippen LogP contribution in [0.2, 0.25) is 0 Å². The zero-order chi connectivity index (χ0) is 19.9. The van der Waals surface area contributed by atoms with Gasteiger partial charge in [0.1, 0.15) is 0 Å². The molecule has 0 saturated heterocycles. The predicted octanol–water partition coefficient (Wildman–Crippen LogP) is 6.15. The van der Waals surface area contributed by atoms with Crippen LogP contribution in [0.25, 0.3) is 0 Å². The van der Waals surface area contributed by atoms with Crippen LogP contribution in [0.1, 0.15) is 51.7 Å². The lowest BCUT2D eigenvalue weighted by Gasteiger charge is -2.24. The first kappa shape index (κ1) is 20.8. The second-order valence-electron chi connectivity index (χ2n) is 7.47. The van der Waals surface area contributed by atoms with Crippen LogP contribution in [0.15, 0.2) is 71.5 Å². The molecule has 1 aromatic rings. The maximum Gasteiger partial charge on any atom is 0.0598 e. The van der Waals surface area contributed by atoms with Crippen molar-refractivity contribution in [2.24, 2.45) is 5.41 Å². The van der Waals surface area contributed by atoms with E-state index in [-0.39, 0.29) is 5.41 Å². The smallest absolute Gasteiger partial charge is 0.0598 e. The molecule has 1 aliphatic carbocycles. The number of nitrogens with one attached hydrogen (secondary N) is 1. The van der Waals surface area contributed by atoms with Crippen LogP contribution in [0.3, 0.4) is 0 Å². The van der Waals surface area contributed by atoms with Gasteiger partial charge in [0, 0.05) is 12.2 Å². The van der Waals surface area contributed by atoms with E-state index in [1.165, 1.54) is 28.0 Å². The fourth-order valence-electron chi connectivity index (χ4n) is 3.95. The van der Waals surface area contributed by atoms with Gasteiger partial charge in [-0.2, -0.15) is 0 Å². The monoisotopic (exact) mass is 359 g/mol. The third kappa shape index (κ3) is 4.83. The fraction of sp³-hybridized carbons (Fsp3) is 0.385. The summed E-state index contributed by atoms with van der Waals surface area (Å²) < 4.78 is 0. The van der Waals surface area contributed by atoms with Gasteiger partial charge >= 0.3 is 0 Å². The molecule has 1 heteroatoms. The number of fused-ring (bicyclic) bond motifs is 1. The van der Waals surface area contributed by atoms with E-state index in [0.29, 0.717) is 0 Å². The molecule has 1 N–H and O–H groups in total. The van der Waals surface area contributed by atoms with Gasteiger partial charge in [0.05, 0.1) is 5.41 Å². The SMILES string of the molecule is C#CC1(/C(C)=C/CCC(=C)/C(NCC)=C(C)\C=C/C)Cc2ccccc2C1. The van der Waals surface area contributed by atoms with Crippen molar-refractivity contribution in [3.05, 3.63) is 82.6 Å². The van der Waals surface area contributed by atoms with Crippen molar-refractivity contribution >= 4 is 0 Å². The molecule has 0 aromatic heterocycles. The number of rotatable bonds is 8. The van der Waals surface area contributed by atoms with Gasteiger partial charge in [-0.1, -0.05) is 60.6 Å². The van der Waals surface area contributed by atoms with Crippen molar-refractivity contribution in [1.29, 1.82) is 0 Å². The van der Waals surface area contributed by atoms with Crippen LogP contribution in [-0.2, 0) is 12.8 Å². The highest BCUT2D eigenvalue weighted by molar-refractivity contribution is 5.43. The Morgan fingerprint density at radius 3 is 2.41 bits per heavy atom. The lowest BCUT2D eigenvalue weighted by Crippen LogP contribution is -2.20. The summed E-state index contributed by atoms with van der Waals surface area (Å²) in [6.07, 6.45) is 16.3. The molecular weight excluding hydrogens is 326 g/mol. The minimum atomic E-state index is -0.160. The molecule has 0 aliphatic heterocycles. The average Bonchev–Trinajstić information content (AvgIpc) is 3.06. The van der Waals surface area contributed by atoms with Crippen LogP contribution in [0.5, 0.6) is 0 Å². The zero-order valence-electron chi connectivity index (χ0n) is 17.4. The molecule has 0 heterocycles. The summed E-state index contributed by atoms with van der Waals surface area (Å²) in [6, 6.07) is 8.63. The third-order valence-corrected chi connectivity index (χ3v) is 5.55. The molecular formula is C26H33N. The number of benzene rings is 1. The van der Waals surface area contributed by atoms with Crippen molar-refractivity contribution in [1.82, 2.24) is 5.32 Å². The second kappa shape index (κ2) is 9.47. The largest absolute Gasteiger partial charge is 0.385 e. The second-order valence-corrected chi connectivity index (χ2v) is 7.47. The number of likely N-dealkylation sites (N-methyl/N-ethyl adjacent to an activating group) is 1. The van der Waals surface area contributed by atoms with Crippen molar-refractivity contribution in [2.75, 3.05) is 6.54 Å². The van der Waals surface area contributed by atoms with Crippen LogP contribution in [0, 0.1) is 17.8 Å². The molecule has 1 nitrogen and oxygen atoms in total. The summed E-state index contributed by atoms with van der Waals surface area (Å²) >= 11 is 0. The van der Waals surface area contributed by atoms with Gasteiger partial charge < -0.3 is 5.32 Å². The molecule has 0 radical (unpaired) electrons. The molecule has 27 heavy (non-hydrogen) atoms. The minimum Gasteiger partial charge on any atom is -0.385 e. The van der Waals surface area contributed by atoms with Crippen molar-refractivity contribution in [3.8, 4) is 12.3 Å². The minimum absolute atomic E-state index is 0.160. The van der Waals surface area contributed by atoms with Gasteiger partial charge in [-0.25, -0.2) is 0 Å². The molecule has 0 amide bonds. The molecule has 1 aliphatic rings. The molecule has 0 unspecified atom stereocenters. The van der Waals surface area contributed by atoms with E-state index in [2.05, 4.69) is 81.1 Å². The molecule has 0 spiro atoms. The molecule has 2 rings (SSSR count). The molecule has 1 aromatic carbocycles. The van der Waals surface area contributed by atoms with Crippen molar-refractivity contribution in [3.63, 3.8) is 0 Å². The Kier molecular flexibility index (Phi) is 7.31. The third-order valence-electron chi connectivity index (χ3n) is 5.55. The summed E-state index contributed by atoms with van der Waals surface area (Å²) in [4.78, 5) is 0. The summed E-state index contributed by atoms with van der Waals surface area (Å²) in [5.74, 6) is 3.12. The van der Waals surface area contributed by atoms with Gasteiger partial charge in [-0.3, -0.25) is 0 Å². The van der Waals surface area contributed by atoms with Crippen LogP contribution in [0.4, 0.5) is 0 Å². The Labute approximate surface area is 166 Å². The van der Waals surface area contributed by atoms with E-state index in [9.17, 15) is 0 Å².